The predicted molar refractivity (Wildman–Crippen MR) is 46.3 cm³/mol. The zero-order valence-electron chi connectivity index (χ0n) is 7.61. The molecule has 0 spiro atoms. The van der Waals surface area contributed by atoms with Gasteiger partial charge in [-0.3, -0.25) is 0 Å². The highest BCUT2D eigenvalue weighted by Crippen LogP contribution is 2.51. The first-order valence-electron chi connectivity index (χ1n) is 4.10. The molecule has 0 N–H and O–H groups in total. The number of hydrogen-bond donors (Lipinski definition) is 0. The molecule has 0 bridgehead atoms. The van der Waals surface area contributed by atoms with E-state index >= 15 is 0 Å². The van der Waals surface area contributed by atoms with E-state index in [4.69, 9.17) is 0 Å². The third-order valence-corrected chi connectivity index (χ3v) is 2.45. The van der Waals surface area contributed by atoms with Gasteiger partial charge in [-0.05, 0) is 24.7 Å². The second kappa shape index (κ2) is 2.47. The van der Waals surface area contributed by atoms with Crippen LogP contribution >= 0.6 is 0 Å². The average Bonchev–Trinajstić information content (AvgIpc) is 2.42. The molecule has 62 valence electrons. The molecule has 1 aliphatic carbocycles. The Labute approximate surface area is 68.5 Å². The lowest BCUT2D eigenvalue weighted by Crippen LogP contribution is -2.17. The van der Waals surface area contributed by atoms with Crippen molar-refractivity contribution >= 4 is 5.78 Å². The van der Waals surface area contributed by atoms with E-state index in [1.807, 2.05) is 0 Å². The van der Waals surface area contributed by atoms with Gasteiger partial charge >= 0.3 is 0 Å². The molecule has 1 fully saturated rings. The Morgan fingerprint density at radius 2 is 2.18 bits per heavy atom. The fourth-order valence-corrected chi connectivity index (χ4v) is 1.80. The van der Waals surface area contributed by atoms with Crippen LogP contribution in [0.2, 0.25) is 0 Å². The molecule has 0 heterocycles. The first-order valence-corrected chi connectivity index (χ1v) is 4.10. The predicted octanol–water partition coefficient (Wildman–Crippen LogP) is 2.57. The SMILES string of the molecule is C=C1CC1C(C)(C)CC(C)=O. The Kier molecular flexibility index (Phi) is 1.91. The minimum atomic E-state index is 0.156. The summed E-state index contributed by atoms with van der Waals surface area (Å²) in [5, 5.41) is 0. The van der Waals surface area contributed by atoms with E-state index < -0.39 is 0 Å². The molecule has 0 saturated heterocycles. The molecular weight excluding hydrogens is 136 g/mol. The standard InChI is InChI=1S/C10H16O/c1-7-5-9(7)10(3,4)6-8(2)11/h9H,1,5-6H2,2-4H3. The van der Waals surface area contributed by atoms with Gasteiger partial charge in [0, 0.05) is 6.42 Å². The lowest BCUT2D eigenvalue weighted by atomic mass is 9.82. The van der Waals surface area contributed by atoms with Crippen molar-refractivity contribution in [3.05, 3.63) is 12.2 Å². The Hall–Kier alpha value is -0.590. The molecule has 11 heavy (non-hydrogen) atoms. The molecule has 0 aliphatic heterocycles. The van der Waals surface area contributed by atoms with Crippen LogP contribution in [-0.4, -0.2) is 5.78 Å². The highest BCUT2D eigenvalue weighted by molar-refractivity contribution is 5.76. The van der Waals surface area contributed by atoms with Crippen LogP contribution in [-0.2, 0) is 4.79 Å². The Bertz CT molecular complexity index is 201. The van der Waals surface area contributed by atoms with Crippen molar-refractivity contribution < 1.29 is 4.79 Å². The zero-order chi connectivity index (χ0) is 8.65. The highest BCUT2D eigenvalue weighted by atomic mass is 16.1. The van der Waals surface area contributed by atoms with E-state index in [0.29, 0.717) is 12.3 Å². The molecule has 0 aromatic rings. The topological polar surface area (TPSA) is 17.1 Å². The fourth-order valence-electron chi connectivity index (χ4n) is 1.80. The summed E-state index contributed by atoms with van der Waals surface area (Å²) in [5.74, 6) is 0.890. The van der Waals surface area contributed by atoms with Crippen molar-refractivity contribution in [2.75, 3.05) is 0 Å². The molecule has 1 atom stereocenters. The van der Waals surface area contributed by atoms with E-state index in [2.05, 4.69) is 20.4 Å². The molecule has 1 nitrogen and oxygen atoms in total. The number of hydrogen-bond acceptors (Lipinski definition) is 1. The number of carbonyl (C=O) groups is 1. The quantitative estimate of drug-likeness (QED) is 0.568. The lowest BCUT2D eigenvalue weighted by Gasteiger charge is -2.21. The highest BCUT2D eigenvalue weighted by Gasteiger charge is 2.41. The van der Waals surface area contributed by atoms with Gasteiger partial charge in [0.1, 0.15) is 5.78 Å². The van der Waals surface area contributed by atoms with E-state index in [1.165, 1.54) is 5.57 Å². The largest absolute Gasteiger partial charge is 0.300 e. The van der Waals surface area contributed by atoms with Gasteiger partial charge in [0.15, 0.2) is 0 Å². The van der Waals surface area contributed by atoms with Crippen LogP contribution in [0.15, 0.2) is 12.2 Å². The maximum atomic E-state index is 10.9. The van der Waals surface area contributed by atoms with Crippen LogP contribution in [0, 0.1) is 11.3 Å². The molecule has 1 saturated carbocycles. The maximum Gasteiger partial charge on any atom is 0.130 e. The third-order valence-electron chi connectivity index (χ3n) is 2.45. The lowest BCUT2D eigenvalue weighted by molar-refractivity contribution is -0.119. The molecule has 0 amide bonds. The summed E-state index contributed by atoms with van der Waals surface area (Å²) in [6.07, 6.45) is 1.82. The van der Waals surface area contributed by atoms with E-state index in [1.54, 1.807) is 6.92 Å². The van der Waals surface area contributed by atoms with Gasteiger partial charge in [0.2, 0.25) is 0 Å². The molecule has 1 aliphatic rings. The molecule has 0 radical (unpaired) electrons. The number of rotatable bonds is 3. The number of carbonyl (C=O) groups excluding carboxylic acids is 1. The number of ketones is 1. The molecule has 1 unspecified atom stereocenters. The van der Waals surface area contributed by atoms with Crippen molar-refractivity contribution in [2.24, 2.45) is 11.3 Å². The van der Waals surface area contributed by atoms with E-state index in [9.17, 15) is 4.79 Å². The van der Waals surface area contributed by atoms with Crippen molar-refractivity contribution in [1.82, 2.24) is 0 Å². The summed E-state index contributed by atoms with van der Waals surface area (Å²) in [6.45, 7) is 9.87. The first-order chi connectivity index (χ1) is 4.93. The van der Waals surface area contributed by atoms with Gasteiger partial charge in [-0.1, -0.05) is 26.0 Å². The number of allylic oxidation sites excluding steroid dienone is 1. The normalized spacial score (nSPS) is 23.5. The van der Waals surface area contributed by atoms with Crippen molar-refractivity contribution in [1.29, 1.82) is 0 Å². The fraction of sp³-hybridized carbons (Fsp3) is 0.700. The van der Waals surface area contributed by atoms with E-state index in [0.717, 1.165) is 6.42 Å². The Morgan fingerprint density at radius 3 is 2.45 bits per heavy atom. The molecule has 0 aromatic heterocycles. The van der Waals surface area contributed by atoms with Crippen LogP contribution in [0.3, 0.4) is 0 Å². The van der Waals surface area contributed by atoms with Gasteiger partial charge in [-0.25, -0.2) is 0 Å². The van der Waals surface area contributed by atoms with Crippen LogP contribution in [0.25, 0.3) is 0 Å². The van der Waals surface area contributed by atoms with Crippen LogP contribution in [0.1, 0.15) is 33.6 Å². The average molecular weight is 152 g/mol. The summed E-state index contributed by atoms with van der Waals surface area (Å²) in [7, 11) is 0. The molecule has 1 heteroatoms. The second-order valence-electron chi connectivity index (χ2n) is 4.28. The summed E-state index contributed by atoms with van der Waals surface area (Å²) in [6, 6.07) is 0. The molecule has 0 aromatic carbocycles. The minimum Gasteiger partial charge on any atom is -0.300 e. The van der Waals surface area contributed by atoms with Gasteiger partial charge in [-0.15, -0.1) is 0 Å². The van der Waals surface area contributed by atoms with Gasteiger partial charge in [0.25, 0.3) is 0 Å². The van der Waals surface area contributed by atoms with Crippen LogP contribution in [0.4, 0.5) is 0 Å². The van der Waals surface area contributed by atoms with Gasteiger partial charge in [-0.2, -0.15) is 0 Å². The number of Topliss-reactive ketones (excluding diaryl/α,β-unsaturated/α-hetero) is 1. The smallest absolute Gasteiger partial charge is 0.130 e. The first kappa shape index (κ1) is 8.51. The van der Waals surface area contributed by atoms with Crippen LogP contribution < -0.4 is 0 Å². The summed E-state index contributed by atoms with van der Waals surface area (Å²) < 4.78 is 0. The van der Waals surface area contributed by atoms with Crippen molar-refractivity contribution in [3.8, 4) is 0 Å². The Morgan fingerprint density at radius 1 is 1.73 bits per heavy atom. The summed E-state index contributed by atoms with van der Waals surface area (Å²) in [5.41, 5.74) is 1.47. The van der Waals surface area contributed by atoms with E-state index in [-0.39, 0.29) is 11.2 Å². The maximum absolute atomic E-state index is 10.9. The van der Waals surface area contributed by atoms with Crippen molar-refractivity contribution in [3.63, 3.8) is 0 Å². The minimum absolute atomic E-state index is 0.156. The van der Waals surface area contributed by atoms with Crippen molar-refractivity contribution in [2.45, 2.75) is 33.6 Å². The summed E-state index contributed by atoms with van der Waals surface area (Å²) in [4.78, 5) is 10.9. The van der Waals surface area contributed by atoms with Crippen LogP contribution in [0.5, 0.6) is 0 Å². The third kappa shape index (κ3) is 1.92. The summed E-state index contributed by atoms with van der Waals surface area (Å²) >= 11 is 0. The molecular formula is C10H16O. The second-order valence-corrected chi connectivity index (χ2v) is 4.28. The monoisotopic (exact) mass is 152 g/mol. The molecule has 1 rings (SSSR count). The van der Waals surface area contributed by atoms with Gasteiger partial charge < -0.3 is 4.79 Å². The zero-order valence-corrected chi connectivity index (χ0v) is 7.61. The van der Waals surface area contributed by atoms with Gasteiger partial charge in [0.05, 0.1) is 0 Å². The Balaban J connectivity index is 2.52.